The number of likely N-dealkylation sites (tertiary alicyclic amines) is 1. The van der Waals surface area contributed by atoms with Crippen LogP contribution in [0.25, 0.3) is 0 Å². The lowest BCUT2D eigenvalue weighted by Gasteiger charge is -2.34. The third-order valence-electron chi connectivity index (χ3n) is 4.83. The molecular weight excluding hydrogens is 290 g/mol. The fourth-order valence-corrected chi connectivity index (χ4v) is 3.44. The Bertz CT molecular complexity index is 574. The highest BCUT2D eigenvalue weighted by molar-refractivity contribution is 5.78. The average molecular weight is 317 g/mol. The first kappa shape index (κ1) is 16.2. The van der Waals surface area contributed by atoms with E-state index in [-0.39, 0.29) is 5.91 Å². The van der Waals surface area contributed by atoms with E-state index in [2.05, 4.69) is 28.1 Å². The van der Waals surface area contributed by atoms with Crippen molar-refractivity contribution in [3.8, 4) is 0 Å². The van der Waals surface area contributed by atoms with Crippen molar-refractivity contribution < 1.29 is 4.79 Å². The molecule has 0 aromatic carbocycles. The van der Waals surface area contributed by atoms with Gasteiger partial charge >= 0.3 is 0 Å². The number of hydrogen-bond acceptors (Lipinski definition) is 5. The molecule has 6 heteroatoms. The Morgan fingerprint density at radius 3 is 2.91 bits per heavy atom. The summed E-state index contributed by atoms with van der Waals surface area (Å²) in [5, 5.41) is 8.58. The van der Waals surface area contributed by atoms with Crippen molar-refractivity contribution in [3.63, 3.8) is 0 Å². The van der Waals surface area contributed by atoms with Crippen molar-refractivity contribution in [1.29, 1.82) is 0 Å². The molecule has 2 aliphatic rings. The number of piperidine rings is 1. The van der Waals surface area contributed by atoms with Crippen LogP contribution >= 0.6 is 0 Å². The summed E-state index contributed by atoms with van der Waals surface area (Å²) in [5.74, 6) is 1.78. The van der Waals surface area contributed by atoms with Crippen LogP contribution in [0.5, 0.6) is 0 Å². The van der Waals surface area contributed by atoms with Gasteiger partial charge in [0.2, 0.25) is 5.91 Å². The predicted molar refractivity (Wildman–Crippen MR) is 90.3 cm³/mol. The number of carbonyl (C=O) groups excluding carboxylic acids is 1. The molecule has 1 saturated heterocycles. The minimum absolute atomic E-state index is 0.273. The molecule has 0 aliphatic carbocycles. The van der Waals surface area contributed by atoms with Crippen LogP contribution in [-0.2, 0) is 17.8 Å². The Morgan fingerprint density at radius 2 is 2.17 bits per heavy atom. The third-order valence-corrected chi connectivity index (χ3v) is 4.83. The summed E-state index contributed by atoms with van der Waals surface area (Å²) in [5.41, 5.74) is 2.28. The number of aromatic nitrogens is 2. The Labute approximate surface area is 138 Å². The molecular formula is C17H27N5O. The summed E-state index contributed by atoms with van der Waals surface area (Å²) in [6, 6.07) is 2.10. The zero-order valence-corrected chi connectivity index (χ0v) is 14.5. The number of anilines is 1. The fourth-order valence-electron chi connectivity index (χ4n) is 3.44. The Balaban J connectivity index is 1.62. The molecule has 0 saturated carbocycles. The van der Waals surface area contributed by atoms with E-state index in [0.717, 1.165) is 50.5 Å². The lowest BCUT2D eigenvalue weighted by Crippen LogP contribution is -2.45. The monoisotopic (exact) mass is 317 g/mol. The molecule has 126 valence electrons. The van der Waals surface area contributed by atoms with Gasteiger partial charge in [0.25, 0.3) is 0 Å². The second kappa shape index (κ2) is 6.83. The molecule has 3 heterocycles. The number of amides is 1. The van der Waals surface area contributed by atoms with E-state index < -0.39 is 0 Å². The van der Waals surface area contributed by atoms with E-state index >= 15 is 0 Å². The van der Waals surface area contributed by atoms with E-state index in [4.69, 9.17) is 0 Å². The summed E-state index contributed by atoms with van der Waals surface area (Å²) in [6.45, 7) is 6.27. The molecule has 1 fully saturated rings. The van der Waals surface area contributed by atoms with Crippen LogP contribution in [-0.4, -0.2) is 66.2 Å². The molecule has 23 heavy (non-hydrogen) atoms. The number of fused-ring (bicyclic) bond motifs is 1. The molecule has 1 amide bonds. The fraction of sp³-hybridized carbons (Fsp3) is 0.706. The molecule has 1 atom stereocenters. The Morgan fingerprint density at radius 1 is 1.35 bits per heavy atom. The van der Waals surface area contributed by atoms with Crippen molar-refractivity contribution in [1.82, 2.24) is 20.0 Å². The van der Waals surface area contributed by atoms with Gasteiger partial charge in [-0.15, -0.1) is 5.10 Å². The summed E-state index contributed by atoms with van der Waals surface area (Å²) < 4.78 is 0. The van der Waals surface area contributed by atoms with Crippen molar-refractivity contribution in [2.45, 2.75) is 32.7 Å². The molecule has 0 radical (unpaired) electrons. The maximum atomic E-state index is 12.5. The molecule has 1 aromatic heterocycles. The van der Waals surface area contributed by atoms with Crippen molar-refractivity contribution in [2.24, 2.45) is 5.92 Å². The molecule has 3 rings (SSSR count). The van der Waals surface area contributed by atoms with Crippen LogP contribution in [0.1, 0.15) is 31.0 Å². The standard InChI is InChI=1S/C17H27N5O/c1-13-5-4-7-22(10-13)17(23)12-21-8-6-15-14(11-21)9-16(19-18-15)20(2)3/h9,13H,4-8,10-12H2,1-3H3. The van der Waals surface area contributed by atoms with Crippen LogP contribution in [0.2, 0.25) is 0 Å². The minimum atomic E-state index is 0.273. The molecule has 1 aromatic rings. The van der Waals surface area contributed by atoms with Gasteiger partial charge in [-0.1, -0.05) is 6.92 Å². The highest BCUT2D eigenvalue weighted by Crippen LogP contribution is 2.21. The molecule has 0 bridgehead atoms. The van der Waals surface area contributed by atoms with Crippen LogP contribution in [0, 0.1) is 5.92 Å². The topological polar surface area (TPSA) is 52.6 Å². The van der Waals surface area contributed by atoms with E-state index in [1.807, 2.05) is 23.9 Å². The first-order valence-corrected chi connectivity index (χ1v) is 8.56. The lowest BCUT2D eigenvalue weighted by molar-refractivity contribution is -0.134. The van der Waals surface area contributed by atoms with E-state index in [0.29, 0.717) is 12.5 Å². The predicted octanol–water partition coefficient (Wildman–Crippen LogP) is 1.16. The SMILES string of the molecule is CC1CCCN(C(=O)CN2CCc3nnc(N(C)C)cc3C2)C1. The van der Waals surface area contributed by atoms with Gasteiger partial charge in [-0.2, -0.15) is 5.10 Å². The molecule has 0 spiro atoms. The summed E-state index contributed by atoms with van der Waals surface area (Å²) in [6.07, 6.45) is 3.25. The number of rotatable bonds is 3. The lowest BCUT2D eigenvalue weighted by atomic mass is 10.00. The first-order valence-electron chi connectivity index (χ1n) is 8.56. The van der Waals surface area contributed by atoms with Crippen molar-refractivity contribution in [3.05, 3.63) is 17.3 Å². The van der Waals surface area contributed by atoms with Crippen LogP contribution < -0.4 is 4.90 Å². The van der Waals surface area contributed by atoms with Gasteiger partial charge in [-0.05, 0) is 30.4 Å². The zero-order valence-electron chi connectivity index (χ0n) is 14.5. The quantitative estimate of drug-likeness (QED) is 0.837. The summed E-state index contributed by atoms with van der Waals surface area (Å²) >= 11 is 0. The van der Waals surface area contributed by atoms with Crippen LogP contribution in [0.3, 0.4) is 0 Å². The van der Waals surface area contributed by atoms with Crippen molar-refractivity contribution >= 4 is 11.7 Å². The van der Waals surface area contributed by atoms with Gasteiger partial charge in [-0.3, -0.25) is 9.69 Å². The summed E-state index contributed by atoms with van der Waals surface area (Å²) in [4.78, 5) is 18.8. The van der Waals surface area contributed by atoms with E-state index in [9.17, 15) is 4.79 Å². The van der Waals surface area contributed by atoms with E-state index in [1.165, 1.54) is 12.0 Å². The van der Waals surface area contributed by atoms with Gasteiger partial charge in [0, 0.05) is 46.7 Å². The minimum Gasteiger partial charge on any atom is -0.361 e. The Hall–Kier alpha value is -1.69. The second-order valence-corrected chi connectivity index (χ2v) is 7.12. The van der Waals surface area contributed by atoms with Gasteiger partial charge < -0.3 is 9.80 Å². The van der Waals surface area contributed by atoms with Gasteiger partial charge in [0.05, 0.1) is 12.2 Å². The highest BCUT2D eigenvalue weighted by atomic mass is 16.2. The van der Waals surface area contributed by atoms with Gasteiger partial charge in [0.1, 0.15) is 0 Å². The van der Waals surface area contributed by atoms with Crippen LogP contribution in [0.4, 0.5) is 5.82 Å². The first-order chi connectivity index (χ1) is 11.0. The number of nitrogens with zero attached hydrogens (tertiary/aromatic N) is 5. The molecule has 2 aliphatic heterocycles. The average Bonchev–Trinajstić information content (AvgIpc) is 2.54. The number of carbonyl (C=O) groups is 1. The summed E-state index contributed by atoms with van der Waals surface area (Å²) in [7, 11) is 3.94. The zero-order chi connectivity index (χ0) is 16.4. The molecule has 0 N–H and O–H groups in total. The highest BCUT2D eigenvalue weighted by Gasteiger charge is 2.25. The number of hydrogen-bond donors (Lipinski definition) is 0. The third kappa shape index (κ3) is 3.80. The van der Waals surface area contributed by atoms with Crippen LogP contribution in [0.15, 0.2) is 6.07 Å². The maximum Gasteiger partial charge on any atom is 0.236 e. The van der Waals surface area contributed by atoms with Gasteiger partial charge in [-0.25, -0.2) is 0 Å². The smallest absolute Gasteiger partial charge is 0.236 e. The Kier molecular flexibility index (Phi) is 4.80. The van der Waals surface area contributed by atoms with E-state index in [1.54, 1.807) is 0 Å². The second-order valence-electron chi connectivity index (χ2n) is 7.12. The molecule has 6 nitrogen and oxygen atoms in total. The largest absolute Gasteiger partial charge is 0.361 e. The normalized spacial score (nSPS) is 21.9. The van der Waals surface area contributed by atoms with Gasteiger partial charge in [0.15, 0.2) is 5.82 Å². The van der Waals surface area contributed by atoms with Crippen molar-refractivity contribution in [2.75, 3.05) is 45.2 Å². The molecule has 1 unspecified atom stereocenters. The maximum absolute atomic E-state index is 12.5.